The van der Waals surface area contributed by atoms with Crippen LogP contribution in [0.15, 0.2) is 0 Å². The Morgan fingerprint density at radius 2 is 1.38 bits per heavy atom. The van der Waals surface area contributed by atoms with Crippen LogP contribution in [0.3, 0.4) is 0 Å². The summed E-state index contributed by atoms with van der Waals surface area (Å²) in [4.78, 5) is 0. The van der Waals surface area contributed by atoms with E-state index in [1.54, 1.807) is 0 Å². The third kappa shape index (κ3) is 12.0. The molecule has 0 saturated heterocycles. The van der Waals surface area contributed by atoms with Crippen molar-refractivity contribution in [3.05, 3.63) is 16.7 Å². The molecule has 2 nitrogen and oxygen atoms in total. The Balaban J connectivity index is 1.82. The first-order chi connectivity index (χ1) is 18.6. The van der Waals surface area contributed by atoms with Gasteiger partial charge in [0.25, 0.3) is 0 Å². The minimum atomic E-state index is -0.0740. The van der Waals surface area contributed by atoms with Crippen molar-refractivity contribution in [3.63, 3.8) is 0 Å². The second-order valence-electron chi connectivity index (χ2n) is 13.8. The van der Waals surface area contributed by atoms with E-state index >= 15 is 0 Å². The Hall–Kier alpha value is -0.661. The summed E-state index contributed by atoms with van der Waals surface area (Å²) in [6.45, 7) is 18.4. The molecule has 1 aromatic rings. The number of phenolic OH excluding ortho intramolecular Hbond substituents is 1. The van der Waals surface area contributed by atoms with Crippen molar-refractivity contribution in [3.8, 4) is 11.5 Å². The molecule has 0 amide bonds. The third-order valence-electron chi connectivity index (χ3n) is 9.29. The van der Waals surface area contributed by atoms with Crippen molar-refractivity contribution in [2.75, 3.05) is 0 Å². The summed E-state index contributed by atoms with van der Waals surface area (Å²) in [5.41, 5.74) is 3.44. The van der Waals surface area contributed by atoms with Crippen LogP contribution < -0.4 is 9.20 Å². The molecule has 0 aromatic heterocycles. The topological polar surface area (TPSA) is 29.5 Å². The van der Waals surface area contributed by atoms with Crippen molar-refractivity contribution in [2.45, 2.75) is 175 Å². The fourth-order valence-corrected chi connectivity index (χ4v) is 8.77. The molecule has 0 aliphatic carbocycles. The SMILES string of the molecule is CCCCCCCC[Se]c1c(O)c(C)c(C)c2c1CC[C@@](C)(CCC[C@H](C)CCC[C@H](C)CCCC(C)C)O2. The van der Waals surface area contributed by atoms with Crippen LogP contribution in [0.25, 0.3) is 0 Å². The number of unbranched alkanes of at least 4 members (excludes halogenated alkanes) is 5. The molecule has 39 heavy (non-hydrogen) atoms. The van der Waals surface area contributed by atoms with Gasteiger partial charge in [-0.05, 0) is 11.8 Å². The number of benzene rings is 1. The zero-order chi connectivity index (χ0) is 28.8. The number of hydrogen-bond acceptors (Lipinski definition) is 2. The van der Waals surface area contributed by atoms with Crippen LogP contribution >= 0.6 is 0 Å². The summed E-state index contributed by atoms with van der Waals surface area (Å²) in [6.07, 6.45) is 22.2. The molecule has 0 bridgehead atoms. The molecule has 3 heteroatoms. The maximum absolute atomic E-state index is 11.1. The Morgan fingerprint density at radius 1 is 0.795 bits per heavy atom. The van der Waals surface area contributed by atoms with Crippen LogP contribution in [0.1, 0.15) is 161 Å². The molecule has 0 radical (unpaired) electrons. The third-order valence-corrected chi connectivity index (χ3v) is 11.9. The summed E-state index contributed by atoms with van der Waals surface area (Å²) in [5, 5.41) is 12.3. The van der Waals surface area contributed by atoms with Crippen molar-refractivity contribution < 1.29 is 9.84 Å². The molecule has 2 rings (SSSR count). The van der Waals surface area contributed by atoms with Gasteiger partial charge < -0.3 is 0 Å². The molecule has 1 aliphatic heterocycles. The van der Waals surface area contributed by atoms with Gasteiger partial charge >= 0.3 is 199 Å². The first-order valence-corrected chi connectivity index (χ1v) is 18.8. The molecule has 1 aliphatic rings. The molecule has 3 atom stereocenters. The average Bonchev–Trinajstić information content (AvgIpc) is 2.88. The van der Waals surface area contributed by atoms with Crippen molar-refractivity contribution in [1.29, 1.82) is 0 Å². The van der Waals surface area contributed by atoms with Crippen molar-refractivity contribution in [1.82, 2.24) is 0 Å². The standard InChI is InChI=1S/C36H64O2Se/c1-9-10-11-12-13-14-26-39-35-32-23-25-36(8,38-34(32)31(7)30(6)33(35)37)24-17-22-29(5)21-16-20-28(4)19-15-18-27(2)3/h27-29,37H,9-26H2,1-8H3/t28-,29-,36-/m1/s1. The van der Waals surface area contributed by atoms with Gasteiger partial charge in [0.1, 0.15) is 0 Å². The number of fused-ring (bicyclic) bond motifs is 1. The van der Waals surface area contributed by atoms with Crippen LogP contribution in [0.4, 0.5) is 0 Å². The Bertz CT molecular complexity index is 832. The predicted octanol–water partition coefficient (Wildman–Crippen LogP) is 10.6. The van der Waals surface area contributed by atoms with Crippen LogP contribution in [0.5, 0.6) is 11.5 Å². The summed E-state index contributed by atoms with van der Waals surface area (Å²) >= 11 is 0.329. The van der Waals surface area contributed by atoms with E-state index in [0.29, 0.717) is 20.7 Å². The second kappa shape index (κ2) is 18.0. The summed E-state index contributed by atoms with van der Waals surface area (Å²) < 4.78 is 8.09. The molecule has 1 heterocycles. The van der Waals surface area contributed by atoms with E-state index in [1.165, 1.54) is 105 Å². The van der Waals surface area contributed by atoms with Gasteiger partial charge in [0, 0.05) is 0 Å². The summed E-state index contributed by atoms with van der Waals surface area (Å²) in [7, 11) is 0. The van der Waals surface area contributed by atoms with Gasteiger partial charge in [-0.15, -0.1) is 0 Å². The van der Waals surface area contributed by atoms with E-state index in [0.717, 1.165) is 53.9 Å². The molecule has 1 N–H and O–H groups in total. The van der Waals surface area contributed by atoms with E-state index in [4.69, 9.17) is 4.74 Å². The Kier molecular flexibility index (Phi) is 15.9. The van der Waals surface area contributed by atoms with Gasteiger partial charge in [-0.1, -0.05) is 40.0 Å². The summed E-state index contributed by atoms with van der Waals surface area (Å²) in [5.74, 6) is 4.21. The van der Waals surface area contributed by atoms with E-state index in [9.17, 15) is 5.11 Å². The predicted molar refractivity (Wildman–Crippen MR) is 173 cm³/mol. The van der Waals surface area contributed by atoms with E-state index in [1.807, 2.05) is 0 Å². The van der Waals surface area contributed by atoms with Gasteiger partial charge in [0.05, 0.1) is 0 Å². The molecule has 1 aromatic carbocycles. The van der Waals surface area contributed by atoms with Crippen LogP contribution in [0.2, 0.25) is 5.32 Å². The monoisotopic (exact) mass is 608 g/mol. The molecule has 226 valence electrons. The number of ether oxygens (including phenoxy) is 1. The van der Waals surface area contributed by atoms with Crippen LogP contribution in [0, 0.1) is 31.6 Å². The first-order valence-electron chi connectivity index (χ1n) is 16.7. The zero-order valence-electron chi connectivity index (χ0n) is 27.2. The number of phenols is 1. The molecule has 0 unspecified atom stereocenters. The van der Waals surface area contributed by atoms with Gasteiger partial charge in [-0.3, -0.25) is 0 Å². The number of aromatic hydroxyl groups is 1. The fourth-order valence-electron chi connectivity index (χ4n) is 6.23. The first kappa shape index (κ1) is 34.5. The quantitative estimate of drug-likeness (QED) is 0.118. The fraction of sp³-hybridized carbons (Fsp3) is 0.833. The minimum absolute atomic E-state index is 0.0740. The van der Waals surface area contributed by atoms with Gasteiger partial charge in [-0.2, -0.15) is 0 Å². The second-order valence-corrected chi connectivity index (χ2v) is 16.1. The van der Waals surface area contributed by atoms with Crippen LogP contribution in [-0.4, -0.2) is 25.7 Å². The van der Waals surface area contributed by atoms with Gasteiger partial charge in [0.15, 0.2) is 0 Å². The van der Waals surface area contributed by atoms with E-state index in [-0.39, 0.29) is 5.60 Å². The van der Waals surface area contributed by atoms with Crippen molar-refractivity contribution in [2.24, 2.45) is 17.8 Å². The van der Waals surface area contributed by atoms with E-state index < -0.39 is 0 Å². The molecule has 0 saturated carbocycles. The zero-order valence-corrected chi connectivity index (χ0v) is 28.9. The summed E-state index contributed by atoms with van der Waals surface area (Å²) in [6, 6.07) is 0. The molecule has 0 spiro atoms. The van der Waals surface area contributed by atoms with Gasteiger partial charge in [-0.25, -0.2) is 0 Å². The van der Waals surface area contributed by atoms with Crippen molar-refractivity contribution >= 4 is 19.4 Å². The van der Waals surface area contributed by atoms with Gasteiger partial charge in [0.2, 0.25) is 0 Å². The molecular formula is C36H64O2Se. The number of hydrogen-bond donors (Lipinski definition) is 1. The van der Waals surface area contributed by atoms with Crippen LogP contribution in [-0.2, 0) is 6.42 Å². The normalized spacial score (nSPS) is 18.7. The Labute approximate surface area is 250 Å². The Morgan fingerprint density at radius 3 is 2.03 bits per heavy atom. The maximum atomic E-state index is 11.1. The van der Waals surface area contributed by atoms with E-state index in [2.05, 4.69) is 55.4 Å². The molecule has 0 fully saturated rings. The average molecular weight is 608 g/mol. The molecular weight excluding hydrogens is 543 g/mol. The number of rotatable bonds is 20.